The third-order valence-corrected chi connectivity index (χ3v) is 5.80. The van der Waals surface area contributed by atoms with Crippen LogP contribution in [0, 0.1) is 0 Å². The van der Waals surface area contributed by atoms with E-state index in [1.807, 2.05) is 61.5 Å². The van der Waals surface area contributed by atoms with Crippen LogP contribution in [0.3, 0.4) is 0 Å². The highest BCUT2D eigenvalue weighted by Gasteiger charge is 2.37. The molecule has 0 saturated heterocycles. The number of benzene rings is 2. The second-order valence-electron chi connectivity index (χ2n) is 6.72. The molecule has 0 aliphatic carbocycles. The fraction of sp³-hybridized carbons (Fsp3) is 0.286. The van der Waals surface area contributed by atoms with E-state index in [4.69, 9.17) is 9.84 Å². The van der Waals surface area contributed by atoms with Crippen molar-refractivity contribution in [3.63, 3.8) is 0 Å². The molecule has 3 aromatic rings. The Morgan fingerprint density at radius 3 is 2.50 bits per heavy atom. The summed E-state index contributed by atoms with van der Waals surface area (Å²) in [7, 11) is 1.31. The maximum Gasteiger partial charge on any atom is 0.334 e. The van der Waals surface area contributed by atoms with E-state index in [0.29, 0.717) is 6.42 Å². The lowest BCUT2D eigenvalue weighted by atomic mass is 9.78. The third kappa shape index (κ3) is 4.21. The van der Waals surface area contributed by atoms with Crippen LogP contribution < -0.4 is 5.32 Å². The zero-order chi connectivity index (χ0) is 20.1. The van der Waals surface area contributed by atoms with E-state index in [1.165, 1.54) is 7.11 Å². The van der Waals surface area contributed by atoms with Gasteiger partial charge >= 0.3 is 5.97 Å². The molecule has 3 rings (SSSR count). The number of aromatic nitrogens is 1. The van der Waals surface area contributed by atoms with Gasteiger partial charge in [0.2, 0.25) is 5.91 Å². The van der Waals surface area contributed by atoms with Crippen LogP contribution in [-0.4, -0.2) is 41.7 Å². The number of nitrogens with zero attached hydrogens (tertiary/aromatic N) is 1. The van der Waals surface area contributed by atoms with Crippen molar-refractivity contribution in [2.24, 2.45) is 0 Å². The molecule has 0 saturated carbocycles. The van der Waals surface area contributed by atoms with Crippen LogP contribution >= 0.6 is 11.3 Å². The molecule has 28 heavy (non-hydrogen) atoms. The van der Waals surface area contributed by atoms with Gasteiger partial charge in [-0.15, -0.1) is 11.3 Å². The molecule has 1 heterocycles. The largest absolute Gasteiger partial charge is 0.479 e. The van der Waals surface area contributed by atoms with Gasteiger partial charge in [-0.3, -0.25) is 4.79 Å². The Hall–Kier alpha value is -2.77. The lowest BCUT2D eigenvalue weighted by Gasteiger charge is -2.28. The number of fused-ring (bicyclic) bond motifs is 1. The number of rotatable bonds is 8. The number of para-hydroxylation sites is 1. The van der Waals surface area contributed by atoms with Gasteiger partial charge in [-0.05, 0) is 24.6 Å². The number of aliphatic carboxylic acids is 1. The number of amides is 1. The van der Waals surface area contributed by atoms with Gasteiger partial charge in [0.05, 0.1) is 27.2 Å². The van der Waals surface area contributed by atoms with E-state index in [9.17, 15) is 9.59 Å². The monoisotopic (exact) mass is 398 g/mol. The van der Waals surface area contributed by atoms with Crippen LogP contribution in [0.4, 0.5) is 0 Å². The van der Waals surface area contributed by atoms with Crippen LogP contribution in [0.2, 0.25) is 0 Å². The molecular formula is C21H22N2O4S. The molecule has 6 nitrogen and oxygen atoms in total. The number of carboxylic acid groups (broad SMARTS) is 1. The number of carbonyl (C=O) groups is 2. The highest BCUT2D eigenvalue weighted by Crippen LogP contribution is 2.32. The van der Waals surface area contributed by atoms with E-state index >= 15 is 0 Å². The van der Waals surface area contributed by atoms with E-state index < -0.39 is 17.5 Å². The SMILES string of the molecule is COC(CNC(=O)C(C)(Cc1nc2ccccc2s1)c1ccccc1)C(=O)O. The fourth-order valence-corrected chi connectivity index (χ4v) is 4.19. The maximum absolute atomic E-state index is 13.1. The fourth-order valence-electron chi connectivity index (χ4n) is 3.07. The smallest absolute Gasteiger partial charge is 0.334 e. The number of thiazole rings is 1. The van der Waals surface area contributed by atoms with Crippen molar-refractivity contribution in [2.45, 2.75) is 24.9 Å². The van der Waals surface area contributed by atoms with E-state index in [0.717, 1.165) is 20.8 Å². The first-order chi connectivity index (χ1) is 13.4. The van der Waals surface area contributed by atoms with Gasteiger partial charge in [-0.1, -0.05) is 42.5 Å². The van der Waals surface area contributed by atoms with Crippen molar-refractivity contribution < 1.29 is 19.4 Å². The second kappa shape index (κ2) is 8.50. The summed E-state index contributed by atoms with van der Waals surface area (Å²) in [6, 6.07) is 17.3. The second-order valence-corrected chi connectivity index (χ2v) is 7.84. The molecule has 146 valence electrons. The molecule has 0 radical (unpaired) electrons. The lowest BCUT2D eigenvalue weighted by Crippen LogP contribution is -2.47. The van der Waals surface area contributed by atoms with Crippen LogP contribution in [-0.2, 0) is 26.2 Å². The molecule has 2 atom stereocenters. The Bertz CT molecular complexity index is 940. The average molecular weight is 398 g/mol. The van der Waals surface area contributed by atoms with Crippen LogP contribution in [0.1, 0.15) is 17.5 Å². The molecule has 1 amide bonds. The lowest BCUT2D eigenvalue weighted by molar-refractivity contribution is -0.148. The topological polar surface area (TPSA) is 88.5 Å². The highest BCUT2D eigenvalue weighted by molar-refractivity contribution is 7.18. The summed E-state index contributed by atoms with van der Waals surface area (Å²) in [5.41, 5.74) is 0.853. The quantitative estimate of drug-likeness (QED) is 0.609. The zero-order valence-corrected chi connectivity index (χ0v) is 16.5. The van der Waals surface area contributed by atoms with Gasteiger partial charge in [0.25, 0.3) is 0 Å². The van der Waals surface area contributed by atoms with E-state index in [1.54, 1.807) is 11.3 Å². The molecule has 0 fully saturated rings. The summed E-state index contributed by atoms with van der Waals surface area (Å²) < 4.78 is 5.98. The molecule has 1 aromatic heterocycles. The van der Waals surface area contributed by atoms with Gasteiger partial charge in [-0.2, -0.15) is 0 Å². The minimum Gasteiger partial charge on any atom is -0.479 e. The Labute approximate surface area is 167 Å². The van der Waals surface area contributed by atoms with Crippen LogP contribution in [0.15, 0.2) is 54.6 Å². The number of methoxy groups -OCH3 is 1. The van der Waals surface area contributed by atoms with Gasteiger partial charge in [-0.25, -0.2) is 9.78 Å². The summed E-state index contributed by atoms with van der Waals surface area (Å²) in [6.07, 6.45) is -0.682. The van der Waals surface area contributed by atoms with Gasteiger partial charge < -0.3 is 15.2 Å². The maximum atomic E-state index is 13.1. The van der Waals surface area contributed by atoms with Crippen molar-refractivity contribution in [3.8, 4) is 0 Å². The van der Waals surface area contributed by atoms with Gasteiger partial charge in [0.15, 0.2) is 6.10 Å². The normalized spacial score (nSPS) is 14.4. The van der Waals surface area contributed by atoms with Crippen LogP contribution in [0.25, 0.3) is 10.2 Å². The molecule has 0 aliphatic heterocycles. The number of hydrogen-bond acceptors (Lipinski definition) is 5. The molecule has 2 N–H and O–H groups in total. The van der Waals surface area contributed by atoms with Crippen LogP contribution in [0.5, 0.6) is 0 Å². The number of ether oxygens (including phenoxy) is 1. The first kappa shape index (κ1) is 20.0. The molecule has 0 spiro atoms. The van der Waals surface area contributed by atoms with Crippen molar-refractivity contribution in [3.05, 3.63) is 65.2 Å². The van der Waals surface area contributed by atoms with Crippen molar-refractivity contribution >= 4 is 33.4 Å². The predicted molar refractivity (Wildman–Crippen MR) is 109 cm³/mol. The highest BCUT2D eigenvalue weighted by atomic mass is 32.1. The third-order valence-electron chi connectivity index (χ3n) is 4.76. The Morgan fingerprint density at radius 2 is 1.86 bits per heavy atom. The molecular weight excluding hydrogens is 376 g/mol. The van der Waals surface area contributed by atoms with Crippen molar-refractivity contribution in [1.82, 2.24) is 10.3 Å². The first-order valence-corrected chi connectivity index (χ1v) is 9.69. The van der Waals surface area contributed by atoms with Crippen molar-refractivity contribution in [2.75, 3.05) is 13.7 Å². The minimum atomic E-state index is -1.12. The summed E-state index contributed by atoms with van der Waals surface area (Å²) >= 11 is 1.56. The molecule has 2 aromatic carbocycles. The standard InChI is InChI=1S/C21H22N2O4S/c1-21(14-8-4-3-5-9-14,20(26)22-13-16(27-2)19(24)25)12-18-23-15-10-6-7-11-17(15)28-18/h3-11,16H,12-13H2,1-2H3,(H,22,26)(H,24,25). The Kier molecular flexibility index (Phi) is 6.06. The number of hydrogen-bond donors (Lipinski definition) is 2. The summed E-state index contributed by atoms with van der Waals surface area (Å²) in [4.78, 5) is 29.0. The predicted octanol–water partition coefficient (Wildman–Crippen LogP) is 3.01. The number of carbonyl (C=O) groups excluding carboxylic acids is 1. The number of carboxylic acids is 1. The molecule has 2 unspecified atom stereocenters. The first-order valence-electron chi connectivity index (χ1n) is 8.88. The van der Waals surface area contributed by atoms with E-state index in [-0.39, 0.29) is 12.5 Å². The number of nitrogens with one attached hydrogen (secondary N) is 1. The zero-order valence-electron chi connectivity index (χ0n) is 15.7. The molecule has 0 aliphatic rings. The summed E-state index contributed by atoms with van der Waals surface area (Å²) in [5.74, 6) is -1.38. The minimum absolute atomic E-state index is 0.104. The average Bonchev–Trinajstić information content (AvgIpc) is 3.10. The molecule has 7 heteroatoms. The van der Waals surface area contributed by atoms with Gasteiger partial charge in [0.1, 0.15) is 0 Å². The van der Waals surface area contributed by atoms with E-state index in [2.05, 4.69) is 10.3 Å². The molecule has 0 bridgehead atoms. The summed E-state index contributed by atoms with van der Waals surface area (Å²) in [5, 5.41) is 12.7. The Balaban J connectivity index is 1.89. The van der Waals surface area contributed by atoms with Gasteiger partial charge in [0, 0.05) is 13.5 Å². The Morgan fingerprint density at radius 1 is 1.18 bits per heavy atom. The van der Waals surface area contributed by atoms with Crippen molar-refractivity contribution in [1.29, 1.82) is 0 Å². The summed E-state index contributed by atoms with van der Waals surface area (Å²) in [6.45, 7) is 1.75.